The average molecular weight is 222 g/mol. The van der Waals surface area contributed by atoms with E-state index < -0.39 is 0 Å². The summed E-state index contributed by atoms with van der Waals surface area (Å²) < 4.78 is 0. The van der Waals surface area contributed by atoms with Crippen LogP contribution in [0, 0.1) is 0 Å². The third-order valence-corrected chi connectivity index (χ3v) is 2.39. The highest BCUT2D eigenvalue weighted by Crippen LogP contribution is 2.12. The number of likely N-dealkylation sites (N-methyl/N-ethyl adjacent to an activating group) is 1. The first-order valence-electron chi connectivity index (χ1n) is 5.75. The summed E-state index contributed by atoms with van der Waals surface area (Å²) in [6, 6.07) is 5.79. The maximum atomic E-state index is 5.70. The summed E-state index contributed by atoms with van der Waals surface area (Å²) in [6.07, 6.45) is 1.11. The molecule has 1 rings (SSSR count). The summed E-state index contributed by atoms with van der Waals surface area (Å²) in [5.41, 5.74) is 5.70. The van der Waals surface area contributed by atoms with Gasteiger partial charge in [0.05, 0.1) is 0 Å². The maximum absolute atomic E-state index is 5.70. The van der Waals surface area contributed by atoms with Crippen LogP contribution in [0.25, 0.3) is 0 Å². The van der Waals surface area contributed by atoms with E-state index in [-0.39, 0.29) is 0 Å². The minimum Gasteiger partial charge on any atom is -0.384 e. The average Bonchev–Trinajstić information content (AvgIpc) is 2.24. The van der Waals surface area contributed by atoms with Crippen molar-refractivity contribution in [2.75, 3.05) is 44.4 Å². The second-order valence-electron chi connectivity index (χ2n) is 4.21. The SMILES string of the molecule is CCCN(CCN(C)C)c1cccc(N)n1. The Kier molecular flexibility index (Phi) is 5.05. The third kappa shape index (κ3) is 4.06. The lowest BCUT2D eigenvalue weighted by molar-refractivity contribution is 0.412. The van der Waals surface area contributed by atoms with Crippen molar-refractivity contribution in [1.29, 1.82) is 0 Å². The minimum atomic E-state index is 0.587. The van der Waals surface area contributed by atoms with Crippen LogP contribution in [0.4, 0.5) is 11.6 Å². The monoisotopic (exact) mass is 222 g/mol. The highest BCUT2D eigenvalue weighted by atomic mass is 15.2. The van der Waals surface area contributed by atoms with Crippen LogP contribution in [0.5, 0.6) is 0 Å². The smallest absolute Gasteiger partial charge is 0.130 e. The molecule has 0 aliphatic rings. The number of anilines is 2. The molecule has 0 atom stereocenters. The van der Waals surface area contributed by atoms with Gasteiger partial charge in [0, 0.05) is 19.6 Å². The molecule has 4 nitrogen and oxygen atoms in total. The summed E-state index contributed by atoms with van der Waals surface area (Å²) >= 11 is 0. The molecule has 0 bridgehead atoms. The van der Waals surface area contributed by atoms with Crippen molar-refractivity contribution < 1.29 is 0 Å². The van der Waals surface area contributed by atoms with Crippen molar-refractivity contribution >= 4 is 11.6 Å². The van der Waals surface area contributed by atoms with Crippen LogP contribution < -0.4 is 10.6 Å². The lowest BCUT2D eigenvalue weighted by Crippen LogP contribution is -2.33. The van der Waals surface area contributed by atoms with Crippen LogP contribution >= 0.6 is 0 Å². The molecule has 0 saturated carbocycles. The molecule has 16 heavy (non-hydrogen) atoms. The van der Waals surface area contributed by atoms with Crippen molar-refractivity contribution in [2.24, 2.45) is 0 Å². The number of nitrogens with two attached hydrogens (primary N) is 1. The number of hydrogen-bond acceptors (Lipinski definition) is 4. The van der Waals surface area contributed by atoms with E-state index in [1.54, 1.807) is 0 Å². The molecule has 90 valence electrons. The molecule has 1 aromatic rings. The first-order chi connectivity index (χ1) is 7.63. The van der Waals surface area contributed by atoms with Crippen molar-refractivity contribution in [3.05, 3.63) is 18.2 Å². The zero-order chi connectivity index (χ0) is 12.0. The van der Waals surface area contributed by atoms with E-state index in [1.165, 1.54) is 0 Å². The summed E-state index contributed by atoms with van der Waals surface area (Å²) in [5, 5.41) is 0. The standard InChI is InChI=1S/C12H22N4/c1-4-8-16(10-9-15(2)3)12-7-5-6-11(13)14-12/h5-7H,4,8-10H2,1-3H3,(H2,13,14). The van der Waals surface area contributed by atoms with Crippen molar-refractivity contribution in [3.8, 4) is 0 Å². The van der Waals surface area contributed by atoms with Gasteiger partial charge < -0.3 is 15.5 Å². The van der Waals surface area contributed by atoms with Gasteiger partial charge in [-0.3, -0.25) is 0 Å². The summed E-state index contributed by atoms with van der Waals surface area (Å²) in [4.78, 5) is 8.80. The van der Waals surface area contributed by atoms with Crippen molar-refractivity contribution in [2.45, 2.75) is 13.3 Å². The van der Waals surface area contributed by atoms with Gasteiger partial charge in [-0.05, 0) is 32.6 Å². The molecule has 2 N–H and O–H groups in total. The second kappa shape index (κ2) is 6.33. The van der Waals surface area contributed by atoms with Gasteiger partial charge in [-0.15, -0.1) is 0 Å². The molecule has 1 heterocycles. The first-order valence-corrected chi connectivity index (χ1v) is 5.75. The molecular formula is C12H22N4. The van der Waals surface area contributed by atoms with Gasteiger partial charge in [0.1, 0.15) is 11.6 Å². The van der Waals surface area contributed by atoms with Gasteiger partial charge in [0.2, 0.25) is 0 Å². The van der Waals surface area contributed by atoms with Gasteiger partial charge in [-0.2, -0.15) is 0 Å². The molecule has 1 aromatic heterocycles. The molecule has 4 heteroatoms. The van der Waals surface area contributed by atoms with E-state index in [1.807, 2.05) is 18.2 Å². The molecule has 0 saturated heterocycles. The molecule has 0 aromatic carbocycles. The lowest BCUT2D eigenvalue weighted by atomic mass is 10.3. The van der Waals surface area contributed by atoms with Crippen LogP contribution in [0.2, 0.25) is 0 Å². The molecule has 0 aliphatic heterocycles. The Balaban J connectivity index is 2.68. The Labute approximate surface area is 98.1 Å². The summed E-state index contributed by atoms with van der Waals surface area (Å²) in [7, 11) is 4.16. The van der Waals surface area contributed by atoms with Gasteiger partial charge >= 0.3 is 0 Å². The van der Waals surface area contributed by atoms with Crippen molar-refractivity contribution in [3.63, 3.8) is 0 Å². The third-order valence-electron chi connectivity index (χ3n) is 2.39. The van der Waals surface area contributed by atoms with Gasteiger partial charge in [-0.1, -0.05) is 13.0 Å². The van der Waals surface area contributed by atoms with Gasteiger partial charge in [-0.25, -0.2) is 4.98 Å². The number of pyridine rings is 1. The van der Waals surface area contributed by atoms with Gasteiger partial charge in [0.25, 0.3) is 0 Å². The van der Waals surface area contributed by atoms with Crippen molar-refractivity contribution in [1.82, 2.24) is 9.88 Å². The van der Waals surface area contributed by atoms with E-state index in [2.05, 4.69) is 35.8 Å². The van der Waals surface area contributed by atoms with E-state index in [9.17, 15) is 0 Å². The fourth-order valence-corrected chi connectivity index (χ4v) is 1.55. The predicted octanol–water partition coefficient (Wildman–Crippen LogP) is 1.44. The molecule has 0 aliphatic carbocycles. The lowest BCUT2D eigenvalue weighted by Gasteiger charge is -2.25. The van der Waals surface area contributed by atoms with E-state index >= 15 is 0 Å². The summed E-state index contributed by atoms with van der Waals surface area (Å²) in [5.74, 6) is 1.56. The highest BCUT2D eigenvalue weighted by molar-refractivity contribution is 5.44. The Morgan fingerprint density at radius 2 is 1.94 bits per heavy atom. The van der Waals surface area contributed by atoms with Gasteiger partial charge in [0.15, 0.2) is 0 Å². The van der Waals surface area contributed by atoms with Crippen LogP contribution in [-0.4, -0.2) is 43.6 Å². The van der Waals surface area contributed by atoms with E-state index in [0.29, 0.717) is 5.82 Å². The Morgan fingerprint density at radius 3 is 2.50 bits per heavy atom. The summed E-state index contributed by atoms with van der Waals surface area (Å²) in [6.45, 7) is 5.20. The van der Waals surface area contributed by atoms with E-state index in [0.717, 1.165) is 31.9 Å². The highest BCUT2D eigenvalue weighted by Gasteiger charge is 2.07. The topological polar surface area (TPSA) is 45.4 Å². The molecule has 0 amide bonds. The molecule has 0 radical (unpaired) electrons. The Morgan fingerprint density at radius 1 is 1.19 bits per heavy atom. The minimum absolute atomic E-state index is 0.587. The number of aromatic nitrogens is 1. The Bertz CT molecular complexity index is 312. The molecule has 0 fully saturated rings. The number of rotatable bonds is 6. The molecule has 0 spiro atoms. The predicted molar refractivity (Wildman–Crippen MR) is 69.7 cm³/mol. The molecular weight excluding hydrogens is 200 g/mol. The number of nitrogen functional groups attached to an aromatic ring is 1. The Hall–Kier alpha value is -1.29. The number of hydrogen-bond donors (Lipinski definition) is 1. The molecule has 0 unspecified atom stereocenters. The maximum Gasteiger partial charge on any atom is 0.130 e. The quantitative estimate of drug-likeness (QED) is 0.791. The largest absolute Gasteiger partial charge is 0.384 e. The van der Waals surface area contributed by atoms with Crippen LogP contribution in [0.3, 0.4) is 0 Å². The zero-order valence-corrected chi connectivity index (χ0v) is 10.5. The normalized spacial score (nSPS) is 10.8. The van der Waals surface area contributed by atoms with Crippen LogP contribution in [-0.2, 0) is 0 Å². The fraction of sp³-hybridized carbons (Fsp3) is 0.583. The second-order valence-corrected chi connectivity index (χ2v) is 4.21. The van der Waals surface area contributed by atoms with Crippen LogP contribution in [0.15, 0.2) is 18.2 Å². The van der Waals surface area contributed by atoms with E-state index in [4.69, 9.17) is 5.73 Å². The van der Waals surface area contributed by atoms with Crippen LogP contribution in [0.1, 0.15) is 13.3 Å². The zero-order valence-electron chi connectivity index (χ0n) is 10.5. The first kappa shape index (κ1) is 12.8. The fourth-order valence-electron chi connectivity index (χ4n) is 1.55. The number of nitrogens with zero attached hydrogens (tertiary/aromatic N) is 3.